The molecule has 2 aromatic heterocycles. The summed E-state index contributed by atoms with van der Waals surface area (Å²) in [5.41, 5.74) is 3.93. The van der Waals surface area contributed by atoms with Gasteiger partial charge in [-0.15, -0.1) is 0 Å². The van der Waals surface area contributed by atoms with E-state index < -0.39 is 11.9 Å². The number of ether oxygens (including phenoxy) is 1. The number of hydrogen-bond donors (Lipinski definition) is 2. The van der Waals surface area contributed by atoms with Gasteiger partial charge in [-0.25, -0.2) is 4.98 Å². The lowest BCUT2D eigenvalue weighted by Gasteiger charge is -2.29. The van der Waals surface area contributed by atoms with E-state index in [2.05, 4.69) is 35.8 Å². The fourth-order valence-corrected chi connectivity index (χ4v) is 6.13. The minimum atomic E-state index is -0.638. The molecule has 0 spiro atoms. The molecular formula is C27H27N5O4S. The maximum Gasteiger partial charge on any atom is 0.255 e. The van der Waals surface area contributed by atoms with Gasteiger partial charge in [0, 0.05) is 29.6 Å². The lowest BCUT2D eigenvalue weighted by atomic mass is 10.0. The Hall–Kier alpha value is -3.92. The molecule has 0 aliphatic carbocycles. The van der Waals surface area contributed by atoms with Crippen LogP contribution in [0.2, 0.25) is 0 Å². The maximum absolute atomic E-state index is 13.1. The molecule has 2 N–H and O–H groups in total. The van der Waals surface area contributed by atoms with Crippen LogP contribution in [0.5, 0.6) is 5.75 Å². The Balaban J connectivity index is 1.42. The van der Waals surface area contributed by atoms with Crippen molar-refractivity contribution in [3.63, 3.8) is 0 Å². The van der Waals surface area contributed by atoms with Crippen LogP contribution in [0, 0.1) is 0 Å². The first kappa shape index (κ1) is 23.5. The number of nitrogens with one attached hydrogen (secondary N) is 2. The average molecular weight is 518 g/mol. The van der Waals surface area contributed by atoms with Crippen molar-refractivity contribution in [1.29, 1.82) is 0 Å². The Labute approximate surface area is 217 Å². The topological polar surface area (TPSA) is 105 Å². The molecule has 2 aliphatic rings. The molecule has 10 heteroatoms. The van der Waals surface area contributed by atoms with Crippen LogP contribution in [0.25, 0.3) is 26.4 Å². The molecule has 3 amide bonds. The van der Waals surface area contributed by atoms with Crippen molar-refractivity contribution < 1.29 is 19.1 Å². The molecule has 1 unspecified atom stereocenters. The molecule has 0 saturated carbocycles. The summed E-state index contributed by atoms with van der Waals surface area (Å²) < 4.78 is 8.61. The number of nitrogens with zero attached hydrogens (tertiary/aromatic N) is 3. The van der Waals surface area contributed by atoms with Crippen molar-refractivity contribution in [3.8, 4) is 17.0 Å². The number of carbonyl (C=O) groups excluding carboxylic acids is 3. The molecule has 2 aliphatic heterocycles. The van der Waals surface area contributed by atoms with Crippen LogP contribution in [0.3, 0.4) is 0 Å². The highest BCUT2D eigenvalue weighted by Gasteiger charge is 2.39. The van der Waals surface area contributed by atoms with Gasteiger partial charge in [0.15, 0.2) is 4.96 Å². The normalized spacial score (nSPS) is 18.0. The van der Waals surface area contributed by atoms with Gasteiger partial charge in [0.05, 0.1) is 17.3 Å². The van der Waals surface area contributed by atoms with Crippen molar-refractivity contribution in [2.24, 2.45) is 0 Å². The summed E-state index contributed by atoms with van der Waals surface area (Å²) in [6.07, 6.45) is 0.570. The average Bonchev–Trinajstić information content (AvgIpc) is 3.47. The van der Waals surface area contributed by atoms with Gasteiger partial charge in [0.1, 0.15) is 23.3 Å². The second kappa shape index (κ2) is 8.31. The third-order valence-corrected chi connectivity index (χ3v) is 7.75. The SMILES string of the molecule is COc1ccc2c(c1)sc1nc(-c3ccc4c(c3)CN(C3CCC(=O)NC3=O)C4=O)c(NC(C)(C)C)n12. The summed E-state index contributed by atoms with van der Waals surface area (Å²) in [5, 5.41) is 5.99. The molecule has 190 valence electrons. The third kappa shape index (κ3) is 3.92. The number of anilines is 1. The highest BCUT2D eigenvalue weighted by molar-refractivity contribution is 7.23. The fourth-order valence-electron chi connectivity index (χ4n) is 5.07. The van der Waals surface area contributed by atoms with E-state index in [1.807, 2.05) is 36.4 Å². The molecule has 4 aromatic rings. The Bertz CT molecular complexity index is 1610. The number of amides is 3. The van der Waals surface area contributed by atoms with Crippen molar-refractivity contribution in [1.82, 2.24) is 19.6 Å². The van der Waals surface area contributed by atoms with Crippen molar-refractivity contribution in [2.75, 3.05) is 12.4 Å². The van der Waals surface area contributed by atoms with Crippen LogP contribution in [0.15, 0.2) is 36.4 Å². The van der Waals surface area contributed by atoms with E-state index in [1.165, 1.54) is 0 Å². The van der Waals surface area contributed by atoms with Crippen LogP contribution < -0.4 is 15.4 Å². The molecule has 1 fully saturated rings. The van der Waals surface area contributed by atoms with E-state index in [-0.39, 0.29) is 23.8 Å². The van der Waals surface area contributed by atoms with Crippen molar-refractivity contribution in [2.45, 2.75) is 51.7 Å². The Morgan fingerprint density at radius 3 is 2.68 bits per heavy atom. The summed E-state index contributed by atoms with van der Waals surface area (Å²) in [6, 6.07) is 11.1. The van der Waals surface area contributed by atoms with E-state index in [0.29, 0.717) is 18.5 Å². The largest absolute Gasteiger partial charge is 0.497 e. The molecule has 0 bridgehead atoms. The first-order valence-electron chi connectivity index (χ1n) is 12.2. The van der Waals surface area contributed by atoms with Crippen molar-refractivity contribution in [3.05, 3.63) is 47.5 Å². The lowest BCUT2D eigenvalue weighted by Crippen LogP contribution is -2.52. The molecule has 6 rings (SSSR count). The predicted molar refractivity (Wildman–Crippen MR) is 142 cm³/mol. The highest BCUT2D eigenvalue weighted by Crippen LogP contribution is 2.39. The van der Waals surface area contributed by atoms with Crippen LogP contribution in [-0.2, 0) is 16.1 Å². The van der Waals surface area contributed by atoms with E-state index in [4.69, 9.17) is 9.72 Å². The van der Waals surface area contributed by atoms with E-state index in [0.717, 1.165) is 43.6 Å². The Morgan fingerprint density at radius 2 is 1.95 bits per heavy atom. The number of thiazole rings is 1. The summed E-state index contributed by atoms with van der Waals surface area (Å²) in [5.74, 6) is 0.788. The molecule has 2 aromatic carbocycles. The number of benzene rings is 2. The maximum atomic E-state index is 13.1. The number of imide groups is 1. The van der Waals surface area contributed by atoms with Gasteiger partial charge in [0.25, 0.3) is 5.91 Å². The van der Waals surface area contributed by atoms with Gasteiger partial charge < -0.3 is 15.0 Å². The molecule has 1 saturated heterocycles. The summed E-state index contributed by atoms with van der Waals surface area (Å²) in [4.78, 5) is 44.6. The van der Waals surface area contributed by atoms with E-state index >= 15 is 0 Å². The Morgan fingerprint density at radius 1 is 1.14 bits per heavy atom. The third-order valence-electron chi connectivity index (χ3n) is 6.75. The zero-order chi connectivity index (χ0) is 26.1. The number of rotatable bonds is 4. The fraction of sp³-hybridized carbons (Fsp3) is 0.333. The summed E-state index contributed by atoms with van der Waals surface area (Å²) >= 11 is 1.59. The van der Waals surface area contributed by atoms with Crippen molar-refractivity contribution >= 4 is 50.1 Å². The number of carbonyl (C=O) groups is 3. The standard InChI is InChI=1S/C27H27N5O4S/c1-27(2,3)30-23-22(29-26-32(23)18-8-6-16(36-4)12-20(18)37-26)14-5-7-17-15(11-14)13-31(25(17)35)19-9-10-21(33)28-24(19)34/h5-8,11-12,19,30H,9-10,13H2,1-4H3,(H,28,33,34). The van der Waals surface area contributed by atoms with Crippen LogP contribution >= 0.6 is 11.3 Å². The highest BCUT2D eigenvalue weighted by atomic mass is 32.1. The van der Waals surface area contributed by atoms with E-state index in [9.17, 15) is 14.4 Å². The van der Waals surface area contributed by atoms with Gasteiger partial charge in [-0.05, 0) is 63.1 Å². The van der Waals surface area contributed by atoms with Gasteiger partial charge in [-0.1, -0.05) is 17.4 Å². The van der Waals surface area contributed by atoms with Gasteiger partial charge in [-0.3, -0.25) is 24.1 Å². The molecule has 4 heterocycles. The van der Waals surface area contributed by atoms with Gasteiger partial charge in [-0.2, -0.15) is 0 Å². The molecular weight excluding hydrogens is 490 g/mol. The number of imidazole rings is 1. The second-order valence-corrected chi connectivity index (χ2v) is 11.5. The zero-order valence-electron chi connectivity index (χ0n) is 21.0. The second-order valence-electron chi connectivity index (χ2n) is 10.5. The summed E-state index contributed by atoms with van der Waals surface area (Å²) in [6.45, 7) is 6.63. The van der Waals surface area contributed by atoms with Crippen LogP contribution in [0.4, 0.5) is 5.82 Å². The van der Waals surface area contributed by atoms with Crippen LogP contribution in [0.1, 0.15) is 49.5 Å². The van der Waals surface area contributed by atoms with Crippen LogP contribution in [-0.4, -0.2) is 50.7 Å². The Kier molecular flexibility index (Phi) is 5.27. The number of aromatic nitrogens is 2. The molecule has 1 atom stereocenters. The number of methoxy groups -OCH3 is 1. The predicted octanol–water partition coefficient (Wildman–Crippen LogP) is 4.20. The molecule has 0 radical (unpaired) electrons. The quantitative estimate of drug-likeness (QED) is 0.393. The van der Waals surface area contributed by atoms with E-state index in [1.54, 1.807) is 23.3 Å². The number of fused-ring (bicyclic) bond motifs is 4. The summed E-state index contributed by atoms with van der Waals surface area (Å²) in [7, 11) is 1.66. The first-order valence-corrected chi connectivity index (χ1v) is 13.0. The number of piperidine rings is 1. The first-order chi connectivity index (χ1) is 17.6. The monoisotopic (exact) mass is 517 g/mol. The lowest BCUT2D eigenvalue weighted by molar-refractivity contribution is -0.136. The zero-order valence-corrected chi connectivity index (χ0v) is 21.9. The molecule has 9 nitrogen and oxygen atoms in total. The molecule has 37 heavy (non-hydrogen) atoms. The minimum absolute atomic E-state index is 0.185. The van der Waals surface area contributed by atoms with Gasteiger partial charge in [0.2, 0.25) is 11.8 Å². The van der Waals surface area contributed by atoms with Gasteiger partial charge >= 0.3 is 0 Å². The minimum Gasteiger partial charge on any atom is -0.497 e. The number of hydrogen-bond acceptors (Lipinski definition) is 7. The smallest absolute Gasteiger partial charge is 0.255 e.